The van der Waals surface area contributed by atoms with E-state index in [1.165, 1.54) is 12.0 Å². The van der Waals surface area contributed by atoms with Crippen LogP contribution in [0.25, 0.3) is 0 Å². The fourth-order valence-electron chi connectivity index (χ4n) is 5.51. The van der Waals surface area contributed by atoms with Crippen LogP contribution in [-0.2, 0) is 23.5 Å². The Labute approximate surface area is 237 Å². The molecule has 0 bridgehead atoms. The molecule has 0 spiro atoms. The quantitative estimate of drug-likeness (QED) is 0.259. The number of hydrogen-bond acceptors (Lipinski definition) is 6. The highest BCUT2D eigenvalue weighted by molar-refractivity contribution is 6.99. The third-order valence-corrected chi connectivity index (χ3v) is 12.4. The Morgan fingerprint density at radius 2 is 1.46 bits per heavy atom. The molecule has 0 aromatic heterocycles. The summed E-state index contributed by atoms with van der Waals surface area (Å²) in [4.78, 5) is 40.9. The number of halogens is 1. The minimum atomic E-state index is -3.02. The van der Waals surface area contributed by atoms with Gasteiger partial charge in [-0.25, -0.2) is 9.59 Å². The fourth-order valence-corrected chi connectivity index (χ4v) is 10.3. The van der Waals surface area contributed by atoms with Crippen LogP contribution in [0.1, 0.15) is 54.4 Å². The molecule has 9 heteroatoms. The predicted molar refractivity (Wildman–Crippen MR) is 155 cm³/mol. The maximum atomic E-state index is 13.5. The largest absolute Gasteiger partial charge is 0.467 e. The number of nitrogens with zero attached hydrogens (tertiary/aromatic N) is 1. The first-order valence-electron chi connectivity index (χ1n) is 13.2. The van der Waals surface area contributed by atoms with Crippen molar-refractivity contribution < 1.29 is 28.3 Å². The van der Waals surface area contributed by atoms with Crippen molar-refractivity contribution in [3.05, 3.63) is 60.7 Å². The molecule has 0 aliphatic carbocycles. The lowest BCUT2D eigenvalue weighted by atomic mass is 9.89. The fraction of sp³-hybridized carbons (Fsp3) is 0.500. The minimum Gasteiger partial charge on any atom is -0.467 e. The highest BCUT2D eigenvalue weighted by Crippen LogP contribution is 2.42. The lowest BCUT2D eigenvalue weighted by Gasteiger charge is -2.44. The number of hydrogen-bond donors (Lipinski definition) is 0. The number of carbonyl (C=O) groups is 3. The molecule has 2 atom stereocenters. The van der Waals surface area contributed by atoms with E-state index in [1.54, 1.807) is 20.8 Å². The molecule has 1 saturated heterocycles. The second-order valence-electron chi connectivity index (χ2n) is 12.1. The van der Waals surface area contributed by atoms with E-state index in [0.717, 1.165) is 10.4 Å². The zero-order valence-electron chi connectivity index (χ0n) is 24.0. The van der Waals surface area contributed by atoms with Crippen LogP contribution in [0.3, 0.4) is 0 Å². The molecule has 212 valence electrons. The normalized spacial score (nSPS) is 20.0. The summed E-state index contributed by atoms with van der Waals surface area (Å²) in [5, 5.41) is 1.81. The average Bonchev–Trinajstić information content (AvgIpc) is 3.24. The number of rotatable bonds is 8. The van der Waals surface area contributed by atoms with E-state index in [1.807, 2.05) is 36.4 Å². The van der Waals surface area contributed by atoms with Crippen LogP contribution in [0, 0.1) is 0 Å². The van der Waals surface area contributed by atoms with Gasteiger partial charge in [-0.15, -0.1) is 11.6 Å². The van der Waals surface area contributed by atoms with Crippen molar-refractivity contribution in [2.75, 3.05) is 19.5 Å². The van der Waals surface area contributed by atoms with E-state index < -0.39 is 37.6 Å². The molecule has 0 radical (unpaired) electrons. The molecule has 0 saturated carbocycles. The van der Waals surface area contributed by atoms with Gasteiger partial charge >= 0.3 is 12.1 Å². The summed E-state index contributed by atoms with van der Waals surface area (Å²) in [5.74, 6) is -1.36. The van der Waals surface area contributed by atoms with Crippen molar-refractivity contribution in [2.45, 2.75) is 76.7 Å². The van der Waals surface area contributed by atoms with Crippen LogP contribution in [-0.4, -0.2) is 67.8 Å². The van der Waals surface area contributed by atoms with Gasteiger partial charge < -0.3 is 13.9 Å². The summed E-state index contributed by atoms with van der Waals surface area (Å²) in [6.45, 7) is 11.8. The summed E-state index contributed by atoms with van der Waals surface area (Å²) in [6, 6.07) is 20.2. The van der Waals surface area contributed by atoms with Crippen molar-refractivity contribution >= 4 is 48.1 Å². The van der Waals surface area contributed by atoms with E-state index in [-0.39, 0.29) is 36.1 Å². The molecule has 1 unspecified atom stereocenters. The summed E-state index contributed by atoms with van der Waals surface area (Å²) in [5.41, 5.74) is -2.41. The van der Waals surface area contributed by atoms with Crippen LogP contribution >= 0.6 is 11.6 Å². The third-order valence-electron chi connectivity index (χ3n) is 7.05. The Kier molecular flexibility index (Phi) is 9.35. The number of alkyl halides is 1. The van der Waals surface area contributed by atoms with Crippen LogP contribution in [0.15, 0.2) is 60.7 Å². The maximum absolute atomic E-state index is 13.5. The topological polar surface area (TPSA) is 82.1 Å². The molecule has 2 aromatic carbocycles. The van der Waals surface area contributed by atoms with E-state index in [0.29, 0.717) is 0 Å². The molecule has 1 amide bonds. The highest BCUT2D eigenvalue weighted by atomic mass is 35.5. The van der Waals surface area contributed by atoms with Gasteiger partial charge in [0, 0.05) is 12.8 Å². The van der Waals surface area contributed by atoms with E-state index >= 15 is 0 Å². The number of ketones is 1. The molecule has 1 heterocycles. The van der Waals surface area contributed by atoms with E-state index in [4.69, 9.17) is 25.5 Å². The monoisotopic (exact) mass is 573 g/mol. The molecule has 2 aromatic rings. The summed E-state index contributed by atoms with van der Waals surface area (Å²) in [6.07, 6.45) is -1.50. The third kappa shape index (κ3) is 6.39. The first-order valence-corrected chi connectivity index (χ1v) is 15.6. The number of ether oxygens (including phenoxy) is 2. The lowest BCUT2D eigenvalue weighted by molar-refractivity contribution is -0.155. The Balaban J connectivity index is 2.18. The first kappa shape index (κ1) is 30.9. The predicted octanol–water partition coefficient (Wildman–Crippen LogP) is 4.68. The molecule has 7 nitrogen and oxygen atoms in total. The number of esters is 1. The number of amides is 1. The van der Waals surface area contributed by atoms with Crippen LogP contribution < -0.4 is 10.4 Å². The summed E-state index contributed by atoms with van der Waals surface area (Å²) in [7, 11) is -1.77. The maximum Gasteiger partial charge on any atom is 0.411 e. The van der Waals surface area contributed by atoms with Crippen LogP contribution in [0.4, 0.5) is 4.79 Å². The number of likely N-dealkylation sites (tertiary alicyclic amines) is 1. The summed E-state index contributed by atoms with van der Waals surface area (Å²) < 4.78 is 18.1. The Morgan fingerprint density at radius 1 is 0.949 bits per heavy atom. The molecular weight excluding hydrogens is 534 g/mol. The van der Waals surface area contributed by atoms with E-state index in [2.05, 4.69) is 45.0 Å². The number of benzene rings is 2. The number of carbonyl (C=O) groups excluding carboxylic acids is 3. The van der Waals surface area contributed by atoms with E-state index in [9.17, 15) is 14.4 Å². The van der Waals surface area contributed by atoms with Gasteiger partial charge in [0.2, 0.25) is 0 Å². The van der Waals surface area contributed by atoms with Gasteiger partial charge in [-0.05, 0) is 36.2 Å². The SMILES string of the molecule is COC(=O)C1(CC(=O)CCl)C[C@H](O[Si](c2ccccc2)(c2ccccc2)C(C)(C)C)CN1C(=O)OC(C)(C)C. The van der Waals surface area contributed by atoms with Crippen molar-refractivity contribution in [2.24, 2.45) is 0 Å². The number of Topliss-reactive ketones (excluding diaryl/α,β-unsaturated/α-hetero) is 1. The summed E-state index contributed by atoms with van der Waals surface area (Å²) >= 11 is 5.88. The van der Waals surface area contributed by atoms with Crippen LogP contribution in [0.5, 0.6) is 0 Å². The van der Waals surface area contributed by atoms with Gasteiger partial charge in [-0.3, -0.25) is 9.69 Å². The van der Waals surface area contributed by atoms with Gasteiger partial charge in [0.15, 0.2) is 11.3 Å². The molecular formula is C30H40ClNO6Si. The number of methoxy groups -OCH3 is 1. The Bertz CT molecular complexity index is 1120. The average molecular weight is 574 g/mol. The molecule has 0 N–H and O–H groups in total. The van der Waals surface area contributed by atoms with Gasteiger partial charge in [-0.1, -0.05) is 81.4 Å². The van der Waals surface area contributed by atoms with Gasteiger partial charge in [0.25, 0.3) is 8.32 Å². The molecule has 39 heavy (non-hydrogen) atoms. The lowest BCUT2D eigenvalue weighted by Crippen LogP contribution is -2.67. The van der Waals surface area contributed by atoms with Gasteiger partial charge in [0.1, 0.15) is 5.60 Å². The zero-order valence-corrected chi connectivity index (χ0v) is 25.7. The zero-order chi connectivity index (χ0) is 29.1. The molecule has 1 aliphatic rings. The first-order chi connectivity index (χ1) is 18.2. The van der Waals surface area contributed by atoms with Gasteiger partial charge in [0.05, 0.1) is 25.6 Å². The molecule has 1 aliphatic heterocycles. The van der Waals surface area contributed by atoms with Gasteiger partial charge in [-0.2, -0.15) is 0 Å². The highest BCUT2D eigenvalue weighted by Gasteiger charge is 2.60. The Morgan fingerprint density at radius 3 is 1.87 bits per heavy atom. The Hall–Kier alpha value is -2.68. The smallest absolute Gasteiger partial charge is 0.411 e. The standard InChI is InChI=1S/C30H40ClNO6Si/c1-28(2,3)37-27(35)32-21-23(19-30(32,26(34)36-7)18-22(33)20-31)38-39(29(4,5)6,24-14-10-8-11-15-24)25-16-12-9-13-17-25/h8-17,23H,18-21H2,1-7H3/t23-,30?/m0/s1. The van der Waals surface area contributed by atoms with Crippen molar-refractivity contribution in [3.63, 3.8) is 0 Å². The van der Waals surface area contributed by atoms with Crippen molar-refractivity contribution in [1.82, 2.24) is 4.90 Å². The molecule has 3 rings (SSSR count). The minimum absolute atomic E-state index is 0.0596. The second kappa shape index (κ2) is 11.8. The molecule has 1 fully saturated rings. The second-order valence-corrected chi connectivity index (χ2v) is 16.6. The van der Waals surface area contributed by atoms with Crippen molar-refractivity contribution in [3.8, 4) is 0 Å². The van der Waals surface area contributed by atoms with Crippen LogP contribution in [0.2, 0.25) is 5.04 Å². The van der Waals surface area contributed by atoms with Crippen molar-refractivity contribution in [1.29, 1.82) is 0 Å².